The van der Waals surface area contributed by atoms with Crippen LogP contribution in [-0.4, -0.2) is 20.0 Å². The molecule has 1 aromatic carbocycles. The molecule has 0 saturated carbocycles. The number of nitrogens with zero attached hydrogens (tertiary/aromatic N) is 4. The molecule has 2 heterocycles. The second kappa shape index (κ2) is 3.55. The molecule has 84 valence electrons. The zero-order valence-electron chi connectivity index (χ0n) is 9.33. The van der Waals surface area contributed by atoms with E-state index in [-0.39, 0.29) is 0 Å². The standard InChI is InChI=1S/C12H11N5/c1-8-6-11(13)17(16-8)12-10-5-3-2-4-9(10)7-14-15-12/h2-7H,13H2,1H3. The van der Waals surface area contributed by atoms with Crippen LogP contribution in [0.2, 0.25) is 0 Å². The second-order valence-corrected chi connectivity index (χ2v) is 3.88. The van der Waals surface area contributed by atoms with Gasteiger partial charge in [-0.1, -0.05) is 24.3 Å². The summed E-state index contributed by atoms with van der Waals surface area (Å²) in [6, 6.07) is 9.70. The van der Waals surface area contributed by atoms with E-state index in [9.17, 15) is 0 Å². The van der Waals surface area contributed by atoms with Gasteiger partial charge in [-0.2, -0.15) is 14.9 Å². The van der Waals surface area contributed by atoms with Crippen molar-refractivity contribution in [1.29, 1.82) is 0 Å². The highest BCUT2D eigenvalue weighted by atomic mass is 15.4. The predicted octanol–water partition coefficient (Wildman–Crippen LogP) is 1.71. The molecule has 2 aromatic heterocycles. The number of rotatable bonds is 1. The number of nitrogen functional groups attached to an aromatic ring is 1. The molecule has 0 aliphatic rings. The largest absolute Gasteiger partial charge is 0.384 e. The summed E-state index contributed by atoms with van der Waals surface area (Å²) >= 11 is 0. The highest BCUT2D eigenvalue weighted by Crippen LogP contribution is 2.20. The number of aryl methyl sites for hydroxylation is 1. The third-order valence-electron chi connectivity index (χ3n) is 2.61. The van der Waals surface area contributed by atoms with Gasteiger partial charge in [0.05, 0.1) is 11.9 Å². The van der Waals surface area contributed by atoms with Crippen molar-refractivity contribution in [1.82, 2.24) is 20.0 Å². The fourth-order valence-electron chi connectivity index (χ4n) is 1.86. The minimum atomic E-state index is 0.563. The summed E-state index contributed by atoms with van der Waals surface area (Å²) in [5, 5.41) is 14.4. The van der Waals surface area contributed by atoms with Crippen LogP contribution in [0.5, 0.6) is 0 Å². The molecule has 0 radical (unpaired) electrons. The maximum Gasteiger partial charge on any atom is 0.185 e. The molecule has 0 aliphatic heterocycles. The van der Waals surface area contributed by atoms with E-state index in [0.29, 0.717) is 11.6 Å². The Morgan fingerprint density at radius 2 is 2.06 bits per heavy atom. The van der Waals surface area contributed by atoms with Crippen molar-refractivity contribution in [2.45, 2.75) is 6.92 Å². The molecule has 0 aliphatic carbocycles. The maximum atomic E-state index is 5.90. The third-order valence-corrected chi connectivity index (χ3v) is 2.61. The molecule has 2 N–H and O–H groups in total. The Kier molecular flexibility index (Phi) is 2.04. The SMILES string of the molecule is Cc1cc(N)n(-c2nncc3ccccc23)n1. The lowest BCUT2D eigenvalue weighted by Crippen LogP contribution is -2.05. The van der Waals surface area contributed by atoms with E-state index in [1.165, 1.54) is 0 Å². The smallest absolute Gasteiger partial charge is 0.185 e. The molecular formula is C12H11N5. The van der Waals surface area contributed by atoms with Crippen LogP contribution in [0, 0.1) is 6.92 Å². The summed E-state index contributed by atoms with van der Waals surface area (Å²) in [6.07, 6.45) is 1.73. The van der Waals surface area contributed by atoms with Crippen LogP contribution in [0.1, 0.15) is 5.69 Å². The number of aromatic nitrogens is 4. The number of hydrogen-bond acceptors (Lipinski definition) is 4. The fraction of sp³-hybridized carbons (Fsp3) is 0.0833. The van der Waals surface area contributed by atoms with E-state index in [1.807, 2.05) is 37.3 Å². The van der Waals surface area contributed by atoms with E-state index in [4.69, 9.17) is 5.73 Å². The van der Waals surface area contributed by atoms with Gasteiger partial charge < -0.3 is 5.73 Å². The van der Waals surface area contributed by atoms with Crippen molar-refractivity contribution in [3.8, 4) is 5.82 Å². The van der Waals surface area contributed by atoms with Gasteiger partial charge in [-0.15, -0.1) is 5.10 Å². The third kappa shape index (κ3) is 1.52. The van der Waals surface area contributed by atoms with Crippen LogP contribution in [0.4, 0.5) is 5.82 Å². The number of fused-ring (bicyclic) bond motifs is 1. The lowest BCUT2D eigenvalue weighted by molar-refractivity contribution is 0.822. The minimum absolute atomic E-state index is 0.563. The quantitative estimate of drug-likeness (QED) is 0.684. The van der Waals surface area contributed by atoms with Crippen LogP contribution in [0.15, 0.2) is 36.5 Å². The molecule has 5 heteroatoms. The van der Waals surface area contributed by atoms with Crippen LogP contribution >= 0.6 is 0 Å². The summed E-state index contributed by atoms with van der Waals surface area (Å²) < 4.78 is 1.62. The van der Waals surface area contributed by atoms with Gasteiger partial charge in [-0.3, -0.25) is 0 Å². The lowest BCUT2D eigenvalue weighted by atomic mass is 10.2. The van der Waals surface area contributed by atoms with Gasteiger partial charge in [0.2, 0.25) is 0 Å². The van der Waals surface area contributed by atoms with Crippen LogP contribution < -0.4 is 5.73 Å². The molecule has 5 nitrogen and oxygen atoms in total. The van der Waals surface area contributed by atoms with Crippen LogP contribution in [0.25, 0.3) is 16.6 Å². The van der Waals surface area contributed by atoms with E-state index in [1.54, 1.807) is 10.9 Å². The molecule has 0 saturated heterocycles. The highest BCUT2D eigenvalue weighted by molar-refractivity contribution is 5.87. The zero-order valence-corrected chi connectivity index (χ0v) is 9.33. The first-order valence-electron chi connectivity index (χ1n) is 5.28. The molecular weight excluding hydrogens is 214 g/mol. The van der Waals surface area contributed by atoms with Gasteiger partial charge in [-0.25, -0.2) is 0 Å². The van der Waals surface area contributed by atoms with Crippen molar-refractivity contribution < 1.29 is 0 Å². The second-order valence-electron chi connectivity index (χ2n) is 3.88. The van der Waals surface area contributed by atoms with Gasteiger partial charge in [0.25, 0.3) is 0 Å². The fourth-order valence-corrected chi connectivity index (χ4v) is 1.86. The summed E-state index contributed by atoms with van der Waals surface area (Å²) in [4.78, 5) is 0. The highest BCUT2D eigenvalue weighted by Gasteiger charge is 2.09. The van der Waals surface area contributed by atoms with Gasteiger partial charge in [0.1, 0.15) is 5.82 Å². The van der Waals surface area contributed by atoms with Crippen molar-refractivity contribution in [2.24, 2.45) is 0 Å². The Bertz CT molecular complexity index is 681. The molecule has 17 heavy (non-hydrogen) atoms. The van der Waals surface area contributed by atoms with Crippen molar-refractivity contribution in [3.63, 3.8) is 0 Å². The number of anilines is 1. The Balaban J connectivity index is 2.34. The topological polar surface area (TPSA) is 69.6 Å². The Morgan fingerprint density at radius 1 is 1.24 bits per heavy atom. The molecule has 3 rings (SSSR count). The molecule has 0 amide bonds. The summed E-state index contributed by atoms with van der Waals surface area (Å²) in [7, 11) is 0. The van der Waals surface area contributed by atoms with E-state index < -0.39 is 0 Å². The lowest BCUT2D eigenvalue weighted by Gasteiger charge is -2.05. The molecule has 3 aromatic rings. The van der Waals surface area contributed by atoms with Gasteiger partial charge >= 0.3 is 0 Å². The maximum absolute atomic E-state index is 5.90. The van der Waals surface area contributed by atoms with Crippen LogP contribution in [0.3, 0.4) is 0 Å². The van der Waals surface area contributed by atoms with E-state index in [0.717, 1.165) is 16.5 Å². The van der Waals surface area contributed by atoms with E-state index in [2.05, 4.69) is 15.3 Å². The first-order chi connectivity index (χ1) is 8.25. The molecule has 0 fully saturated rings. The number of nitrogens with two attached hydrogens (primary N) is 1. The number of hydrogen-bond donors (Lipinski definition) is 1. The van der Waals surface area contributed by atoms with Gasteiger partial charge in [-0.05, 0) is 6.92 Å². The summed E-state index contributed by atoms with van der Waals surface area (Å²) in [6.45, 7) is 1.89. The average Bonchev–Trinajstić information content (AvgIpc) is 2.68. The molecule has 0 spiro atoms. The first-order valence-corrected chi connectivity index (χ1v) is 5.28. The predicted molar refractivity (Wildman–Crippen MR) is 65.8 cm³/mol. The Morgan fingerprint density at radius 3 is 2.82 bits per heavy atom. The molecule has 0 atom stereocenters. The average molecular weight is 225 g/mol. The number of benzene rings is 1. The monoisotopic (exact) mass is 225 g/mol. The van der Waals surface area contributed by atoms with Gasteiger partial charge in [0.15, 0.2) is 5.82 Å². The van der Waals surface area contributed by atoms with Crippen molar-refractivity contribution in [2.75, 3.05) is 5.73 Å². The van der Waals surface area contributed by atoms with Crippen molar-refractivity contribution >= 4 is 16.6 Å². The molecule has 0 bridgehead atoms. The summed E-state index contributed by atoms with van der Waals surface area (Å²) in [5.41, 5.74) is 6.76. The summed E-state index contributed by atoms with van der Waals surface area (Å²) in [5.74, 6) is 1.22. The Labute approximate surface area is 97.9 Å². The Hall–Kier alpha value is -2.43. The van der Waals surface area contributed by atoms with E-state index >= 15 is 0 Å². The first kappa shape index (κ1) is 9.77. The minimum Gasteiger partial charge on any atom is -0.384 e. The normalized spacial score (nSPS) is 10.9. The van der Waals surface area contributed by atoms with Crippen molar-refractivity contribution in [3.05, 3.63) is 42.2 Å². The zero-order chi connectivity index (χ0) is 11.8. The van der Waals surface area contributed by atoms with Crippen LogP contribution in [-0.2, 0) is 0 Å². The van der Waals surface area contributed by atoms with Gasteiger partial charge in [0, 0.05) is 16.8 Å². The molecule has 0 unspecified atom stereocenters.